The summed E-state index contributed by atoms with van der Waals surface area (Å²) in [6.07, 6.45) is -5.25. The first-order chi connectivity index (χ1) is 19.0. The zero-order valence-corrected chi connectivity index (χ0v) is 23.6. The summed E-state index contributed by atoms with van der Waals surface area (Å²) in [6.45, 7) is 8.71. The fraction of sp³-hybridized carbons (Fsp3) is 0.500. The van der Waals surface area contributed by atoms with E-state index >= 15 is 8.78 Å². The first kappa shape index (κ1) is 32.2. The standard InChI is InChI=1S/C24H32F2N5O9P/c1-13(2)38-22(33)14(3)29-41(36,40-15(4)17-6-8-18(9-7-17)31(34)35)37-12-19-21(32)24(25,26)23(39-19)30-11-10-20(27)28-16(30)5/h6-11,13-15,19,21,23,32H,5,12H2,1-4H3,(H2,27,28)(H,29,36)/t14-,15?,19+,21?,23+,41?/m0/s1. The van der Waals surface area contributed by atoms with Crippen molar-refractivity contribution in [3.05, 3.63) is 64.6 Å². The molecule has 3 unspecified atom stereocenters. The van der Waals surface area contributed by atoms with E-state index in [0.717, 1.165) is 4.90 Å². The Morgan fingerprint density at radius 1 is 1.34 bits per heavy atom. The SMILES string of the molecule is C=C1N=C(N)C=CN1[C@@H]1O[C@H](COP(=O)(N[C@@H](C)C(=O)OC(C)C)OC(C)c2ccc([N+](=O)[O-])cc2)C(O)C1(F)F. The van der Waals surface area contributed by atoms with E-state index in [1.165, 1.54) is 50.4 Å². The number of non-ortho nitro benzene ring substituents is 1. The molecule has 41 heavy (non-hydrogen) atoms. The molecule has 2 aliphatic heterocycles. The van der Waals surface area contributed by atoms with E-state index in [0.29, 0.717) is 5.56 Å². The first-order valence-corrected chi connectivity index (χ1v) is 13.9. The monoisotopic (exact) mass is 603 g/mol. The molecule has 226 valence electrons. The number of carbonyl (C=O) groups excluding carboxylic acids is 1. The van der Waals surface area contributed by atoms with E-state index in [4.69, 9.17) is 24.3 Å². The summed E-state index contributed by atoms with van der Waals surface area (Å²) in [5.41, 5.74) is 5.73. The van der Waals surface area contributed by atoms with Crippen molar-refractivity contribution in [2.75, 3.05) is 6.61 Å². The van der Waals surface area contributed by atoms with Crippen molar-refractivity contribution in [1.29, 1.82) is 0 Å². The molecule has 17 heteroatoms. The van der Waals surface area contributed by atoms with E-state index < -0.39 is 67.9 Å². The van der Waals surface area contributed by atoms with Crippen molar-refractivity contribution in [1.82, 2.24) is 9.99 Å². The molecule has 1 saturated heterocycles. The molecular formula is C24H32F2N5O9P. The van der Waals surface area contributed by atoms with Gasteiger partial charge in [-0.15, -0.1) is 0 Å². The van der Waals surface area contributed by atoms with Crippen LogP contribution < -0.4 is 10.8 Å². The maximum atomic E-state index is 15.0. The number of rotatable bonds is 12. The molecule has 1 aromatic rings. The fourth-order valence-electron chi connectivity index (χ4n) is 3.84. The number of halogens is 2. The zero-order chi connectivity index (χ0) is 30.7. The zero-order valence-electron chi connectivity index (χ0n) is 22.7. The molecule has 0 bridgehead atoms. The number of hydrogen-bond donors (Lipinski definition) is 3. The number of nitrogens with zero attached hydrogens (tertiary/aromatic N) is 3. The quantitative estimate of drug-likeness (QED) is 0.137. The van der Waals surface area contributed by atoms with Crippen molar-refractivity contribution in [3.63, 3.8) is 0 Å². The Kier molecular flexibility index (Phi) is 10.00. The van der Waals surface area contributed by atoms with Crippen molar-refractivity contribution in [3.8, 4) is 0 Å². The molecule has 1 aromatic carbocycles. The number of nitro benzene ring substituents is 1. The highest BCUT2D eigenvalue weighted by Crippen LogP contribution is 2.50. The summed E-state index contributed by atoms with van der Waals surface area (Å²) >= 11 is 0. The Bertz CT molecular complexity index is 1260. The number of aliphatic imine (C=N–C) groups is 1. The number of benzene rings is 1. The highest BCUT2D eigenvalue weighted by Gasteiger charge is 2.61. The summed E-state index contributed by atoms with van der Waals surface area (Å²) in [5, 5.41) is 23.7. The van der Waals surface area contributed by atoms with Crippen LogP contribution in [0, 0.1) is 10.1 Å². The van der Waals surface area contributed by atoms with Gasteiger partial charge < -0.3 is 25.2 Å². The Balaban J connectivity index is 1.79. The van der Waals surface area contributed by atoms with Crippen LogP contribution in [0.5, 0.6) is 0 Å². The normalized spacial score (nSPS) is 25.0. The molecule has 6 atom stereocenters. The minimum atomic E-state index is -4.52. The number of aliphatic hydroxyl groups is 1. The van der Waals surface area contributed by atoms with Gasteiger partial charge in [-0.25, -0.2) is 14.6 Å². The number of hydrogen-bond acceptors (Lipinski definition) is 12. The largest absolute Gasteiger partial charge is 0.462 e. The molecule has 0 aliphatic carbocycles. The van der Waals surface area contributed by atoms with E-state index in [1.54, 1.807) is 13.8 Å². The van der Waals surface area contributed by atoms with Crippen LogP contribution >= 0.6 is 7.75 Å². The average molecular weight is 604 g/mol. The number of amidine groups is 1. The first-order valence-electron chi connectivity index (χ1n) is 12.4. The number of carbonyl (C=O) groups is 1. The van der Waals surface area contributed by atoms with Crippen LogP contribution in [0.15, 0.2) is 53.9 Å². The summed E-state index contributed by atoms with van der Waals surface area (Å²) in [7, 11) is -4.52. The summed E-state index contributed by atoms with van der Waals surface area (Å²) in [5.74, 6) is -4.77. The summed E-state index contributed by atoms with van der Waals surface area (Å²) in [6, 6.07) is 3.92. The lowest BCUT2D eigenvalue weighted by molar-refractivity contribution is -0.384. The maximum absolute atomic E-state index is 15.0. The lowest BCUT2D eigenvalue weighted by Crippen LogP contribution is -2.47. The molecule has 0 saturated carbocycles. The fourth-order valence-corrected chi connectivity index (χ4v) is 5.49. The van der Waals surface area contributed by atoms with Crippen LogP contribution in [-0.2, 0) is 27.9 Å². The highest BCUT2D eigenvalue weighted by atomic mass is 31.2. The number of ether oxygens (including phenoxy) is 2. The van der Waals surface area contributed by atoms with Crippen LogP contribution in [-0.4, -0.2) is 69.8 Å². The van der Waals surface area contributed by atoms with E-state index in [-0.39, 0.29) is 17.3 Å². The van der Waals surface area contributed by atoms with Gasteiger partial charge in [0.25, 0.3) is 5.69 Å². The van der Waals surface area contributed by atoms with Crippen molar-refractivity contribution < 1.29 is 46.7 Å². The molecule has 0 aromatic heterocycles. The second kappa shape index (κ2) is 12.7. The Morgan fingerprint density at radius 2 is 1.98 bits per heavy atom. The minimum Gasteiger partial charge on any atom is -0.462 e. The Morgan fingerprint density at radius 3 is 2.54 bits per heavy atom. The number of aliphatic hydroxyl groups excluding tert-OH is 1. The second-order valence-corrected chi connectivity index (χ2v) is 11.3. The van der Waals surface area contributed by atoms with Gasteiger partial charge in [-0.1, -0.05) is 6.58 Å². The predicted molar refractivity (Wildman–Crippen MR) is 141 cm³/mol. The number of alkyl halides is 2. The number of nitrogens with two attached hydrogens (primary N) is 1. The van der Waals surface area contributed by atoms with E-state index in [1.807, 2.05) is 0 Å². The van der Waals surface area contributed by atoms with Crippen molar-refractivity contribution in [2.45, 2.75) is 70.3 Å². The third kappa shape index (κ3) is 7.72. The third-order valence-corrected chi connectivity index (χ3v) is 7.72. The van der Waals surface area contributed by atoms with Gasteiger partial charge in [0, 0.05) is 18.3 Å². The van der Waals surface area contributed by atoms with Gasteiger partial charge >= 0.3 is 19.6 Å². The van der Waals surface area contributed by atoms with Crippen LogP contribution in [0.1, 0.15) is 39.4 Å². The summed E-state index contributed by atoms with van der Waals surface area (Å²) < 4.78 is 65.4. The topological polar surface area (TPSA) is 188 Å². The second-order valence-electron chi connectivity index (χ2n) is 9.55. The van der Waals surface area contributed by atoms with Crippen LogP contribution in [0.3, 0.4) is 0 Å². The molecule has 2 aliphatic rings. The lowest BCUT2D eigenvalue weighted by Gasteiger charge is -2.31. The van der Waals surface area contributed by atoms with E-state index in [2.05, 4.69) is 16.7 Å². The van der Waals surface area contributed by atoms with Gasteiger partial charge in [0.2, 0.25) is 6.23 Å². The Hall–Kier alpha value is -3.27. The molecule has 4 N–H and O–H groups in total. The van der Waals surface area contributed by atoms with Gasteiger partial charge in [0.05, 0.1) is 23.7 Å². The van der Waals surface area contributed by atoms with Gasteiger partial charge in [-0.2, -0.15) is 8.78 Å². The van der Waals surface area contributed by atoms with Crippen LogP contribution in [0.25, 0.3) is 0 Å². The highest BCUT2D eigenvalue weighted by molar-refractivity contribution is 7.51. The number of nitrogens with one attached hydrogen (secondary N) is 1. The molecule has 0 spiro atoms. The molecule has 1 fully saturated rings. The Labute approximate surface area is 234 Å². The summed E-state index contributed by atoms with van der Waals surface area (Å²) in [4.78, 5) is 27.4. The van der Waals surface area contributed by atoms with Crippen LogP contribution in [0.2, 0.25) is 0 Å². The molecule has 3 rings (SSSR count). The van der Waals surface area contributed by atoms with Crippen molar-refractivity contribution >= 4 is 25.2 Å². The van der Waals surface area contributed by atoms with Gasteiger partial charge in [0.15, 0.2) is 6.10 Å². The molecular weight excluding hydrogens is 571 g/mol. The van der Waals surface area contributed by atoms with Crippen LogP contribution in [0.4, 0.5) is 14.5 Å². The molecule has 14 nitrogen and oxygen atoms in total. The molecule has 0 radical (unpaired) electrons. The average Bonchev–Trinajstić information content (AvgIpc) is 3.10. The van der Waals surface area contributed by atoms with Gasteiger partial charge in [0.1, 0.15) is 23.8 Å². The molecule has 2 heterocycles. The minimum absolute atomic E-state index is 0.0319. The van der Waals surface area contributed by atoms with Gasteiger partial charge in [-0.05, 0) is 51.5 Å². The van der Waals surface area contributed by atoms with Crippen molar-refractivity contribution in [2.24, 2.45) is 10.7 Å². The maximum Gasteiger partial charge on any atom is 0.406 e. The smallest absolute Gasteiger partial charge is 0.406 e. The number of nitro groups is 1. The third-order valence-electron chi connectivity index (χ3n) is 5.93. The van der Waals surface area contributed by atoms with Gasteiger partial charge in [-0.3, -0.25) is 24.0 Å². The number of esters is 1. The lowest BCUT2D eigenvalue weighted by atomic mass is 10.1. The molecule has 0 amide bonds. The predicted octanol–water partition coefficient (Wildman–Crippen LogP) is 3.11. The van der Waals surface area contributed by atoms with E-state index in [9.17, 15) is 24.6 Å².